The first-order chi connectivity index (χ1) is 30.7. The van der Waals surface area contributed by atoms with Crippen LogP contribution in [0.4, 0.5) is 0 Å². The topological polar surface area (TPSA) is 174 Å². The van der Waals surface area contributed by atoms with E-state index in [4.69, 9.17) is 30.4 Å². The van der Waals surface area contributed by atoms with Gasteiger partial charge in [-0.15, -0.1) is 0 Å². The maximum absolute atomic E-state index is 12.8. The smallest absolute Gasteiger partial charge is 0.306 e. The summed E-state index contributed by atoms with van der Waals surface area (Å²) in [6.07, 6.45) is 39.1. The van der Waals surface area contributed by atoms with Gasteiger partial charge in [0.2, 0.25) is 0 Å². The average Bonchev–Trinajstić information content (AvgIpc) is 3.27. The molecule has 0 radical (unpaired) electrons. The Morgan fingerprint density at radius 3 is 1.13 bits per heavy atom. The number of unbranched alkanes of at least 4 members (excludes halogenated alkanes) is 29. The summed E-state index contributed by atoms with van der Waals surface area (Å²) < 4.78 is 21.6. The minimum atomic E-state index is -0.936. The summed E-state index contributed by atoms with van der Waals surface area (Å²) in [5.41, 5.74) is 11.4. The van der Waals surface area contributed by atoms with Crippen molar-refractivity contribution in [1.82, 2.24) is 0 Å². The van der Waals surface area contributed by atoms with Gasteiger partial charge in [-0.2, -0.15) is 0 Å². The van der Waals surface area contributed by atoms with Crippen LogP contribution in [0.2, 0.25) is 0 Å². The highest BCUT2D eigenvalue weighted by atomic mass is 16.6. The Balaban J connectivity index is 4.49. The number of hydrogen-bond acceptors (Lipinski definition) is 11. The van der Waals surface area contributed by atoms with Crippen LogP contribution < -0.4 is 11.5 Å². The molecule has 11 nitrogen and oxygen atoms in total. The number of esters is 4. The third kappa shape index (κ3) is 44.5. The molecule has 0 rings (SSSR count). The van der Waals surface area contributed by atoms with E-state index in [1.165, 1.54) is 148 Å². The molecule has 63 heavy (non-hydrogen) atoms. The number of carbonyl (C=O) groups excluding carboxylic acids is 5. The molecule has 11 heteroatoms. The molecule has 0 saturated heterocycles. The van der Waals surface area contributed by atoms with E-state index in [9.17, 15) is 24.0 Å². The molecule has 0 fully saturated rings. The van der Waals surface area contributed by atoms with Crippen molar-refractivity contribution in [1.29, 1.82) is 0 Å². The standard InChI is InChI=1S/C52H98N2O9/c1-3-5-7-9-11-13-15-17-19-21-23-25-27-29-31-38-49(56)61-44-46(63-52(59)39-32-30-28-26-24-22-20-18-16-14-12-10-8-6-4-2)45-62-51(58)41-40-50(57)60-43-35-37-48(55)47(54)36-33-34-42-53/h46-47H,3-45,53-54H2,1-2H3/t46-,47?/m0/s1. The summed E-state index contributed by atoms with van der Waals surface area (Å²) in [4.78, 5) is 62.3. The molecular formula is C52H98N2O9. The summed E-state index contributed by atoms with van der Waals surface area (Å²) in [6, 6.07) is -0.540. The molecule has 2 atom stereocenters. The Morgan fingerprint density at radius 2 is 0.730 bits per heavy atom. The molecule has 0 aliphatic carbocycles. The van der Waals surface area contributed by atoms with Crippen LogP contribution in [0.5, 0.6) is 0 Å². The zero-order valence-corrected chi connectivity index (χ0v) is 40.9. The molecule has 0 aromatic rings. The van der Waals surface area contributed by atoms with Crippen molar-refractivity contribution in [3.05, 3.63) is 0 Å². The minimum absolute atomic E-state index is 0.0529. The van der Waals surface area contributed by atoms with Gasteiger partial charge in [0.1, 0.15) is 19.0 Å². The Labute approximate surface area is 385 Å². The zero-order chi connectivity index (χ0) is 46.3. The van der Waals surface area contributed by atoms with E-state index < -0.39 is 30.1 Å². The molecule has 0 bridgehead atoms. The molecule has 0 amide bonds. The van der Waals surface area contributed by atoms with Gasteiger partial charge in [-0.3, -0.25) is 24.0 Å². The van der Waals surface area contributed by atoms with Gasteiger partial charge < -0.3 is 30.4 Å². The number of carbonyl (C=O) groups is 5. The van der Waals surface area contributed by atoms with Crippen molar-refractivity contribution >= 4 is 29.7 Å². The fraction of sp³-hybridized carbons (Fsp3) is 0.904. The Bertz CT molecular complexity index is 1090. The van der Waals surface area contributed by atoms with Crippen LogP contribution in [0.25, 0.3) is 0 Å². The highest BCUT2D eigenvalue weighted by Crippen LogP contribution is 2.16. The van der Waals surface area contributed by atoms with Crippen molar-refractivity contribution in [3.63, 3.8) is 0 Å². The third-order valence-electron chi connectivity index (χ3n) is 11.9. The maximum Gasteiger partial charge on any atom is 0.306 e. The summed E-state index contributed by atoms with van der Waals surface area (Å²) in [5, 5.41) is 0. The summed E-state index contributed by atoms with van der Waals surface area (Å²) in [7, 11) is 0. The predicted molar refractivity (Wildman–Crippen MR) is 256 cm³/mol. The summed E-state index contributed by atoms with van der Waals surface area (Å²) in [5.74, 6) is -2.09. The fourth-order valence-electron chi connectivity index (χ4n) is 7.72. The van der Waals surface area contributed by atoms with Crippen LogP contribution >= 0.6 is 0 Å². The number of ketones is 1. The Kier molecular flexibility index (Phi) is 45.5. The number of Topliss-reactive ketones (excluding diaryl/α,β-unsaturated/α-hetero) is 1. The molecular weight excluding hydrogens is 797 g/mol. The van der Waals surface area contributed by atoms with Gasteiger partial charge in [0.15, 0.2) is 6.10 Å². The van der Waals surface area contributed by atoms with E-state index in [1.807, 2.05) is 0 Å². The van der Waals surface area contributed by atoms with Gasteiger partial charge in [0.25, 0.3) is 0 Å². The van der Waals surface area contributed by atoms with Crippen molar-refractivity contribution in [3.8, 4) is 0 Å². The second kappa shape index (κ2) is 47.4. The molecule has 1 unspecified atom stereocenters. The van der Waals surface area contributed by atoms with Crippen LogP contribution in [0.1, 0.15) is 264 Å². The largest absolute Gasteiger partial charge is 0.466 e. The maximum atomic E-state index is 12.8. The number of ether oxygens (including phenoxy) is 4. The van der Waals surface area contributed by atoms with E-state index in [-0.39, 0.29) is 63.7 Å². The van der Waals surface area contributed by atoms with Crippen LogP contribution in [0, 0.1) is 0 Å². The third-order valence-corrected chi connectivity index (χ3v) is 11.9. The zero-order valence-electron chi connectivity index (χ0n) is 40.9. The lowest BCUT2D eigenvalue weighted by atomic mass is 10.0. The van der Waals surface area contributed by atoms with Gasteiger partial charge in [-0.1, -0.05) is 200 Å². The molecule has 0 heterocycles. The van der Waals surface area contributed by atoms with Crippen LogP contribution in [-0.2, 0) is 42.9 Å². The van der Waals surface area contributed by atoms with Gasteiger partial charge in [-0.05, 0) is 38.6 Å². The van der Waals surface area contributed by atoms with Gasteiger partial charge in [0.05, 0.1) is 25.5 Å². The molecule has 0 aliphatic heterocycles. The van der Waals surface area contributed by atoms with E-state index in [1.54, 1.807) is 0 Å². The van der Waals surface area contributed by atoms with Crippen LogP contribution in [0.3, 0.4) is 0 Å². The molecule has 4 N–H and O–H groups in total. The molecule has 0 aromatic heterocycles. The first-order valence-corrected chi connectivity index (χ1v) is 26.4. The lowest BCUT2D eigenvalue weighted by Crippen LogP contribution is -2.31. The number of nitrogens with two attached hydrogens (primary N) is 2. The molecule has 370 valence electrons. The highest BCUT2D eigenvalue weighted by Gasteiger charge is 2.20. The predicted octanol–water partition coefficient (Wildman–Crippen LogP) is 12.6. The van der Waals surface area contributed by atoms with E-state index in [0.717, 1.165) is 51.4 Å². The minimum Gasteiger partial charge on any atom is -0.466 e. The van der Waals surface area contributed by atoms with E-state index in [0.29, 0.717) is 25.8 Å². The SMILES string of the molecule is CCCCCCCCCCCCCCCCCC(=O)OC[C@@H](COC(=O)CCC(=O)OCCCC(=O)C(N)CCCCN)OC(=O)CCCCCCCCCCCCCCCCC. The van der Waals surface area contributed by atoms with Crippen molar-refractivity contribution in [2.45, 2.75) is 276 Å². The van der Waals surface area contributed by atoms with Crippen LogP contribution in [-0.4, -0.2) is 68.2 Å². The second-order valence-electron chi connectivity index (χ2n) is 18.1. The van der Waals surface area contributed by atoms with E-state index in [2.05, 4.69) is 13.8 Å². The molecule has 0 aromatic carbocycles. The second-order valence-corrected chi connectivity index (χ2v) is 18.1. The quantitative estimate of drug-likeness (QED) is 0.0338. The van der Waals surface area contributed by atoms with Gasteiger partial charge in [0, 0.05) is 19.3 Å². The molecule has 0 spiro atoms. The molecule has 0 aliphatic rings. The fourth-order valence-corrected chi connectivity index (χ4v) is 7.72. The molecule has 0 saturated carbocycles. The van der Waals surface area contributed by atoms with Gasteiger partial charge in [-0.25, -0.2) is 0 Å². The van der Waals surface area contributed by atoms with Crippen molar-refractivity contribution in [2.75, 3.05) is 26.4 Å². The van der Waals surface area contributed by atoms with E-state index >= 15 is 0 Å². The highest BCUT2D eigenvalue weighted by molar-refractivity contribution is 5.83. The Morgan fingerprint density at radius 1 is 0.381 bits per heavy atom. The first kappa shape index (κ1) is 60.5. The average molecular weight is 895 g/mol. The summed E-state index contributed by atoms with van der Waals surface area (Å²) >= 11 is 0. The normalized spacial score (nSPS) is 12.2. The Hall–Kier alpha value is -2.53. The van der Waals surface area contributed by atoms with Gasteiger partial charge >= 0.3 is 23.9 Å². The number of rotatable bonds is 49. The lowest BCUT2D eigenvalue weighted by Gasteiger charge is -2.18. The van der Waals surface area contributed by atoms with Crippen molar-refractivity contribution < 1.29 is 42.9 Å². The summed E-state index contributed by atoms with van der Waals surface area (Å²) in [6.45, 7) is 4.65. The first-order valence-electron chi connectivity index (χ1n) is 26.4. The lowest BCUT2D eigenvalue weighted by molar-refractivity contribution is -0.167. The van der Waals surface area contributed by atoms with Crippen LogP contribution in [0.15, 0.2) is 0 Å². The monoisotopic (exact) mass is 895 g/mol. The number of hydrogen-bond donors (Lipinski definition) is 2. The van der Waals surface area contributed by atoms with Crippen molar-refractivity contribution in [2.24, 2.45) is 11.5 Å².